The number of carboxylic acids is 1. The molecule has 24 heavy (non-hydrogen) atoms. The van der Waals surface area contributed by atoms with E-state index < -0.39 is 30.2 Å². The molecule has 0 aromatic heterocycles. The third-order valence-electron chi connectivity index (χ3n) is 3.26. The highest BCUT2D eigenvalue weighted by molar-refractivity contribution is 5.96. The van der Waals surface area contributed by atoms with Crippen LogP contribution in [0.2, 0.25) is 0 Å². The van der Waals surface area contributed by atoms with Crippen molar-refractivity contribution >= 4 is 11.7 Å². The van der Waals surface area contributed by atoms with Gasteiger partial charge in [-0.1, -0.05) is 30.3 Å². The maximum Gasteiger partial charge on any atom is 0.339 e. The summed E-state index contributed by atoms with van der Waals surface area (Å²) in [4.78, 5) is 22.1. The molecule has 1 unspecified atom stereocenters. The summed E-state index contributed by atoms with van der Waals surface area (Å²) in [5.74, 6) is -1.55. The summed E-state index contributed by atoms with van der Waals surface area (Å²) in [6, 6.07) is 10.4. The van der Waals surface area contributed by atoms with Crippen molar-refractivity contribution in [2.45, 2.75) is 6.10 Å². The van der Waals surface area contributed by atoms with Crippen LogP contribution < -0.4 is 4.74 Å². The predicted octanol–water partition coefficient (Wildman–Crippen LogP) is 1.69. The second-order valence-electron chi connectivity index (χ2n) is 4.91. The van der Waals surface area contributed by atoms with E-state index in [1.54, 1.807) is 30.3 Å². The van der Waals surface area contributed by atoms with Crippen molar-refractivity contribution in [2.24, 2.45) is 0 Å². The lowest BCUT2D eigenvalue weighted by molar-refractivity contribution is -0.384. The number of benzene rings is 2. The number of hydrogen-bond donors (Lipinski definition) is 3. The maximum atomic E-state index is 11.4. The number of carboxylic acid groups (broad SMARTS) is 1. The van der Waals surface area contributed by atoms with Crippen molar-refractivity contribution in [1.29, 1.82) is 0 Å². The van der Waals surface area contributed by atoms with Gasteiger partial charge in [0, 0.05) is 6.07 Å². The third kappa shape index (κ3) is 3.67. The van der Waals surface area contributed by atoms with Gasteiger partial charge < -0.3 is 20.1 Å². The minimum atomic E-state index is -1.32. The van der Waals surface area contributed by atoms with E-state index >= 15 is 0 Å². The van der Waals surface area contributed by atoms with Gasteiger partial charge in [-0.15, -0.1) is 0 Å². The van der Waals surface area contributed by atoms with Gasteiger partial charge in [0.2, 0.25) is 0 Å². The molecular formula is C16H15NO7. The number of hydrogen-bond acceptors (Lipinski definition) is 6. The summed E-state index contributed by atoms with van der Waals surface area (Å²) in [5.41, 5.74) is -0.185. The van der Waals surface area contributed by atoms with Gasteiger partial charge in [0.15, 0.2) is 0 Å². The Morgan fingerprint density at radius 1 is 1.21 bits per heavy atom. The molecule has 0 radical (unpaired) electrons. The lowest BCUT2D eigenvalue weighted by atomic mass is 9.99. The first-order valence-electron chi connectivity index (χ1n) is 6.97. The molecule has 0 aliphatic heterocycles. The van der Waals surface area contributed by atoms with Crippen molar-refractivity contribution < 1.29 is 29.8 Å². The lowest BCUT2D eigenvalue weighted by Crippen LogP contribution is -2.22. The molecule has 2 rings (SSSR count). The van der Waals surface area contributed by atoms with Gasteiger partial charge in [0.05, 0.1) is 11.5 Å². The Morgan fingerprint density at radius 2 is 1.88 bits per heavy atom. The van der Waals surface area contributed by atoms with Crippen molar-refractivity contribution in [1.82, 2.24) is 0 Å². The van der Waals surface area contributed by atoms with Crippen LogP contribution in [0.5, 0.6) is 5.75 Å². The van der Waals surface area contributed by atoms with E-state index in [4.69, 9.17) is 9.84 Å². The molecule has 0 aliphatic carbocycles. The molecule has 8 nitrogen and oxygen atoms in total. The summed E-state index contributed by atoms with van der Waals surface area (Å²) in [6.45, 7) is -0.990. The number of nitro benzene ring substituents is 1. The Labute approximate surface area is 136 Å². The topological polar surface area (TPSA) is 130 Å². The Kier molecular flexibility index (Phi) is 5.46. The highest BCUT2D eigenvalue weighted by Gasteiger charge is 2.26. The molecule has 2 aromatic carbocycles. The normalized spacial score (nSPS) is 11.8. The molecular weight excluding hydrogens is 318 g/mol. The van der Waals surface area contributed by atoms with E-state index in [0.717, 1.165) is 12.1 Å². The minimum Gasteiger partial charge on any atom is -0.489 e. The average molecular weight is 333 g/mol. The van der Waals surface area contributed by atoms with Crippen molar-refractivity contribution in [2.75, 3.05) is 13.2 Å². The molecule has 0 aliphatic rings. The van der Waals surface area contributed by atoms with Crippen molar-refractivity contribution in [3.8, 4) is 16.9 Å². The third-order valence-corrected chi connectivity index (χ3v) is 3.26. The van der Waals surface area contributed by atoms with Crippen LogP contribution in [-0.4, -0.2) is 45.5 Å². The smallest absolute Gasteiger partial charge is 0.339 e. The van der Waals surface area contributed by atoms with E-state index in [9.17, 15) is 25.1 Å². The highest BCUT2D eigenvalue weighted by atomic mass is 16.6. The van der Waals surface area contributed by atoms with Gasteiger partial charge in [-0.05, 0) is 11.6 Å². The number of ether oxygens (including phenoxy) is 1. The number of rotatable bonds is 7. The van der Waals surface area contributed by atoms with Crippen LogP contribution >= 0.6 is 0 Å². The molecule has 8 heteroatoms. The van der Waals surface area contributed by atoms with Gasteiger partial charge >= 0.3 is 5.97 Å². The zero-order valence-corrected chi connectivity index (χ0v) is 12.5. The highest BCUT2D eigenvalue weighted by Crippen LogP contribution is 2.40. The van der Waals surface area contributed by atoms with Gasteiger partial charge in [0.1, 0.15) is 29.6 Å². The fourth-order valence-corrected chi connectivity index (χ4v) is 2.16. The molecule has 0 amide bonds. The SMILES string of the molecule is O=C(O)c1ccc([N+](=O)[O-])c(-c2ccccc2)c1OCC(O)CO. The van der Waals surface area contributed by atoms with Crippen LogP contribution in [0.3, 0.4) is 0 Å². The van der Waals surface area contributed by atoms with Crippen LogP contribution in [0.15, 0.2) is 42.5 Å². The summed E-state index contributed by atoms with van der Waals surface area (Å²) in [5, 5.41) is 39.0. The fraction of sp³-hybridized carbons (Fsp3) is 0.188. The molecule has 126 valence electrons. The monoisotopic (exact) mass is 333 g/mol. The summed E-state index contributed by atoms with van der Waals surface area (Å²) in [7, 11) is 0. The zero-order chi connectivity index (χ0) is 17.7. The number of carbonyl (C=O) groups is 1. The van der Waals surface area contributed by atoms with Crippen LogP contribution in [0.4, 0.5) is 5.69 Å². The van der Waals surface area contributed by atoms with E-state index in [0.29, 0.717) is 5.56 Å². The Balaban J connectivity index is 2.67. The summed E-state index contributed by atoms with van der Waals surface area (Å²) < 4.78 is 5.33. The van der Waals surface area contributed by atoms with Crippen LogP contribution in [-0.2, 0) is 0 Å². The molecule has 0 fully saturated rings. The minimum absolute atomic E-state index is 0.00522. The first-order chi connectivity index (χ1) is 11.5. The van der Waals surface area contributed by atoms with Crippen LogP contribution in [0.1, 0.15) is 10.4 Å². The second-order valence-corrected chi connectivity index (χ2v) is 4.91. The fourth-order valence-electron chi connectivity index (χ4n) is 2.16. The summed E-state index contributed by atoms with van der Waals surface area (Å²) >= 11 is 0. The van der Waals surface area contributed by atoms with Crippen molar-refractivity contribution in [3.05, 3.63) is 58.1 Å². The van der Waals surface area contributed by atoms with E-state index in [-0.39, 0.29) is 22.6 Å². The Morgan fingerprint density at radius 3 is 2.42 bits per heavy atom. The summed E-state index contributed by atoms with van der Waals surface area (Å²) in [6.07, 6.45) is -1.24. The average Bonchev–Trinajstić information content (AvgIpc) is 2.59. The number of nitro groups is 1. The predicted molar refractivity (Wildman–Crippen MR) is 84.1 cm³/mol. The second kappa shape index (κ2) is 7.53. The number of aliphatic hydroxyl groups is 2. The van der Waals surface area contributed by atoms with Gasteiger partial charge in [-0.25, -0.2) is 4.79 Å². The molecule has 0 saturated heterocycles. The molecule has 2 aromatic rings. The van der Waals surface area contributed by atoms with E-state index in [1.807, 2.05) is 0 Å². The molecule has 0 spiro atoms. The quantitative estimate of drug-likeness (QED) is 0.519. The first kappa shape index (κ1) is 17.4. The standard InChI is InChI=1S/C16H15NO7/c18-8-11(19)9-24-15-12(16(20)21)6-7-13(17(22)23)14(15)10-4-2-1-3-5-10/h1-7,11,18-19H,8-9H2,(H,20,21). The van der Waals surface area contributed by atoms with Gasteiger partial charge in [-0.2, -0.15) is 0 Å². The van der Waals surface area contributed by atoms with Crippen LogP contribution in [0.25, 0.3) is 11.1 Å². The van der Waals surface area contributed by atoms with Crippen molar-refractivity contribution in [3.63, 3.8) is 0 Å². The molecule has 1 atom stereocenters. The molecule has 3 N–H and O–H groups in total. The number of aromatic carboxylic acids is 1. The molecule has 0 heterocycles. The Bertz CT molecular complexity index is 746. The molecule has 0 saturated carbocycles. The largest absolute Gasteiger partial charge is 0.489 e. The zero-order valence-electron chi connectivity index (χ0n) is 12.5. The van der Waals surface area contributed by atoms with Gasteiger partial charge in [0.25, 0.3) is 5.69 Å². The number of nitrogens with zero attached hydrogens (tertiary/aromatic N) is 1. The van der Waals surface area contributed by atoms with Crippen LogP contribution in [0, 0.1) is 10.1 Å². The lowest BCUT2D eigenvalue weighted by Gasteiger charge is -2.16. The van der Waals surface area contributed by atoms with E-state index in [2.05, 4.69) is 0 Å². The molecule has 0 bridgehead atoms. The van der Waals surface area contributed by atoms with Gasteiger partial charge in [-0.3, -0.25) is 10.1 Å². The Hall–Kier alpha value is -2.97. The number of aliphatic hydroxyl groups excluding tert-OH is 2. The maximum absolute atomic E-state index is 11.4. The first-order valence-corrected chi connectivity index (χ1v) is 6.97. The van der Waals surface area contributed by atoms with E-state index in [1.165, 1.54) is 0 Å².